The van der Waals surface area contributed by atoms with Crippen LogP contribution in [0, 0.1) is 12.3 Å². The molecule has 0 spiro atoms. The zero-order chi connectivity index (χ0) is 63.8. The lowest BCUT2D eigenvalue weighted by Gasteiger charge is -2.31. The number of aryl methyl sites for hydroxylation is 2. The van der Waals surface area contributed by atoms with E-state index in [1.807, 2.05) is 161 Å². The van der Waals surface area contributed by atoms with Gasteiger partial charge in [-0.05, 0) is 225 Å². The second-order valence-electron chi connectivity index (χ2n) is 29.8. The molecule has 2 fully saturated rings. The maximum absolute atomic E-state index is 11.2. The molecule has 5 heterocycles. The van der Waals surface area contributed by atoms with Crippen molar-refractivity contribution >= 4 is 11.6 Å². The molecule has 1 saturated carbocycles. The number of benzene rings is 2. The highest BCUT2D eigenvalue weighted by Crippen LogP contribution is 2.25. The van der Waals surface area contributed by atoms with E-state index in [1.54, 1.807) is 12.4 Å². The average Bonchev–Trinajstić information content (AvgIpc) is 4.26. The summed E-state index contributed by atoms with van der Waals surface area (Å²) in [7, 11) is 0. The monoisotopic (exact) mass is 1160 g/mol. The highest BCUT2D eigenvalue weighted by atomic mass is 16.6. The van der Waals surface area contributed by atoms with Gasteiger partial charge in [0.2, 0.25) is 11.8 Å². The predicted molar refractivity (Wildman–Crippen MR) is 353 cm³/mol. The zero-order valence-corrected chi connectivity index (χ0v) is 57.1. The first-order chi connectivity index (χ1) is 38.5. The van der Waals surface area contributed by atoms with Crippen molar-refractivity contribution in [3.05, 3.63) is 151 Å². The number of amides is 1. The van der Waals surface area contributed by atoms with Gasteiger partial charge in [-0.1, -0.05) is 95.2 Å². The number of carbonyl (C=O) groups excluding carboxylic acids is 1. The molecule has 1 saturated heterocycles. The topological polar surface area (TPSA) is 137 Å². The molecular formula is C71H115N9O4. The van der Waals surface area contributed by atoms with Crippen LogP contribution in [0.1, 0.15) is 221 Å². The number of aromatic nitrogens is 6. The fraction of sp³-hybridized carbons (Fsp3) is 0.592. The number of rotatable bonds is 4. The van der Waals surface area contributed by atoms with Gasteiger partial charge in [0, 0.05) is 76.8 Å². The minimum atomic E-state index is -0.220. The van der Waals surface area contributed by atoms with Gasteiger partial charge in [0.1, 0.15) is 28.4 Å². The minimum absolute atomic E-state index is 0.0959. The summed E-state index contributed by atoms with van der Waals surface area (Å²) in [6.45, 7) is 54.9. The van der Waals surface area contributed by atoms with Crippen LogP contribution in [0.15, 0.2) is 133 Å². The first-order valence-corrected chi connectivity index (χ1v) is 30.4. The van der Waals surface area contributed by atoms with Crippen molar-refractivity contribution in [1.29, 1.82) is 0 Å². The Morgan fingerprint density at radius 2 is 1.17 bits per heavy atom. The Morgan fingerprint density at radius 3 is 1.55 bits per heavy atom. The van der Waals surface area contributed by atoms with Crippen LogP contribution in [0.4, 0.5) is 0 Å². The van der Waals surface area contributed by atoms with Crippen molar-refractivity contribution in [1.82, 2.24) is 39.5 Å². The summed E-state index contributed by atoms with van der Waals surface area (Å²) in [5.74, 6) is 2.83. The van der Waals surface area contributed by atoms with Gasteiger partial charge in [-0.2, -0.15) is 5.10 Å². The third-order valence-corrected chi connectivity index (χ3v) is 12.2. The summed E-state index contributed by atoms with van der Waals surface area (Å²) in [4.78, 5) is 30.5. The minimum Gasteiger partial charge on any atom is -0.488 e. The molecule has 1 amide bonds. The van der Waals surface area contributed by atoms with Gasteiger partial charge < -0.3 is 29.2 Å². The lowest BCUT2D eigenvalue weighted by molar-refractivity contribution is -0.128. The third kappa shape index (κ3) is 33.3. The van der Waals surface area contributed by atoms with Crippen molar-refractivity contribution in [3.8, 4) is 11.6 Å². The number of carbonyl (C=O) groups is 1. The SMILES string of the molecule is CC(C)(C)C(=O)NC1CC1.CC(C)(C)N1CCCC1.CC(C)(C)ON=C1CCc2ccccc21.CC(C)(C)Oc1ccccc1.CC(C)(C)Oc1ccccn1.CC(C)(C)c1ncc[nH]1.CC(C)(C)n1cccc1.Cc1cnn(C(C)(C)C)c1. The summed E-state index contributed by atoms with van der Waals surface area (Å²) in [6.07, 6.45) is 20.7. The van der Waals surface area contributed by atoms with Gasteiger partial charge in [-0.25, -0.2) is 9.97 Å². The number of ether oxygens (including phenoxy) is 2. The normalized spacial score (nSPS) is 14.8. The van der Waals surface area contributed by atoms with E-state index in [0.717, 1.165) is 30.1 Å². The van der Waals surface area contributed by atoms with Crippen LogP contribution >= 0.6 is 0 Å². The zero-order valence-electron chi connectivity index (χ0n) is 57.1. The second-order valence-corrected chi connectivity index (χ2v) is 29.8. The number of hydrogen-bond donors (Lipinski definition) is 2. The van der Waals surface area contributed by atoms with Crippen LogP contribution in [-0.4, -0.2) is 87.3 Å². The Morgan fingerprint density at radius 1 is 0.607 bits per heavy atom. The Labute approximate surface area is 510 Å². The molecule has 13 nitrogen and oxygen atoms in total. The van der Waals surface area contributed by atoms with E-state index >= 15 is 0 Å². The molecule has 6 aromatic rings. The summed E-state index contributed by atoms with van der Waals surface area (Å²) < 4.78 is 15.3. The van der Waals surface area contributed by atoms with E-state index in [9.17, 15) is 4.79 Å². The number of hydrogen-bond acceptors (Lipinski definition) is 9. The summed E-state index contributed by atoms with van der Waals surface area (Å²) >= 11 is 0. The van der Waals surface area contributed by atoms with Crippen molar-refractivity contribution in [2.75, 3.05) is 13.1 Å². The molecule has 468 valence electrons. The molecule has 0 atom stereocenters. The molecule has 2 aromatic carbocycles. The molecule has 4 aromatic heterocycles. The van der Waals surface area contributed by atoms with E-state index < -0.39 is 0 Å². The van der Waals surface area contributed by atoms with Crippen molar-refractivity contribution in [2.24, 2.45) is 10.6 Å². The first kappa shape index (κ1) is 73.9. The van der Waals surface area contributed by atoms with Gasteiger partial charge in [-0.3, -0.25) is 14.4 Å². The number of likely N-dealkylation sites (tertiary alicyclic amines) is 1. The molecule has 84 heavy (non-hydrogen) atoms. The smallest absolute Gasteiger partial charge is 0.225 e. The molecule has 13 heteroatoms. The fourth-order valence-electron chi connectivity index (χ4n) is 7.51. The van der Waals surface area contributed by atoms with Crippen LogP contribution < -0.4 is 14.8 Å². The fourth-order valence-corrected chi connectivity index (χ4v) is 7.51. The molecular weight excluding hydrogens is 1040 g/mol. The highest BCUT2D eigenvalue weighted by Gasteiger charge is 2.29. The van der Waals surface area contributed by atoms with E-state index in [1.165, 1.54) is 55.5 Å². The maximum Gasteiger partial charge on any atom is 0.225 e. The second kappa shape index (κ2) is 32.9. The standard InChI is InChI=1S/C13H17NO.C10H14O.C9H13NO.C8H14N2.C8H15NO.C8H17N.C8H13N.C7H12N2/c1-13(2,3)15-14-12-9-8-10-6-4-5-7-11(10)12;1-10(2,3)11-9-7-5-4-6-8-9;1-9(2,3)11-8-6-4-5-7-10-8;1-7-5-9-10(6-7)8(2,3)4;1-8(2,3)7(10)9-6-4-5-6;2*1-8(2,3)9-6-4-5-7-9;1-7(2,3)6-8-4-5-9-6/h4-7H,8-9H2,1-3H3;4-8H,1-3H3;4-7H,1-3H3;5-6H,1-4H3;6H,4-5H2,1-3H3,(H,9,10);4-7H2,1-3H3;4-7H,1-3H3;4-5H,1-3H3,(H,8,9). The van der Waals surface area contributed by atoms with Crippen molar-refractivity contribution < 1.29 is 19.1 Å². The number of fused-ring (bicyclic) bond motifs is 1. The molecule has 0 unspecified atom stereocenters. The largest absolute Gasteiger partial charge is 0.488 e. The van der Waals surface area contributed by atoms with Gasteiger partial charge >= 0.3 is 0 Å². The number of nitrogens with zero attached hydrogens (tertiary/aromatic N) is 7. The Bertz CT molecular complexity index is 2620. The Hall–Kier alpha value is -6.21. The van der Waals surface area contributed by atoms with Crippen LogP contribution in [0.25, 0.3) is 0 Å². The highest BCUT2D eigenvalue weighted by molar-refractivity contribution is 6.04. The summed E-state index contributed by atoms with van der Waals surface area (Å²) in [5, 5.41) is 11.4. The maximum atomic E-state index is 11.2. The molecule has 2 aliphatic carbocycles. The third-order valence-electron chi connectivity index (χ3n) is 12.2. The Kier molecular flexibility index (Phi) is 28.9. The van der Waals surface area contributed by atoms with Gasteiger partial charge in [0.15, 0.2) is 0 Å². The van der Waals surface area contributed by atoms with E-state index in [-0.39, 0.29) is 44.6 Å². The van der Waals surface area contributed by atoms with Gasteiger partial charge in [0.25, 0.3) is 0 Å². The number of para-hydroxylation sites is 1. The van der Waals surface area contributed by atoms with Crippen LogP contribution in [0.5, 0.6) is 11.6 Å². The number of imidazole rings is 1. The predicted octanol–water partition coefficient (Wildman–Crippen LogP) is 17.4. The van der Waals surface area contributed by atoms with Crippen LogP contribution in [0.2, 0.25) is 0 Å². The molecule has 9 rings (SSSR count). The Balaban J connectivity index is 0.000000330. The van der Waals surface area contributed by atoms with E-state index in [2.05, 4.69) is 173 Å². The quantitative estimate of drug-likeness (QED) is 0.167. The number of H-pyrrole nitrogens is 1. The van der Waals surface area contributed by atoms with Gasteiger partial charge in [-0.15, -0.1) is 0 Å². The lowest BCUT2D eigenvalue weighted by Crippen LogP contribution is -2.38. The molecule has 3 aliphatic rings. The molecule has 0 bridgehead atoms. The number of nitrogens with one attached hydrogen (secondary N) is 2. The number of aromatic amines is 1. The van der Waals surface area contributed by atoms with Crippen LogP contribution in [-0.2, 0) is 32.5 Å². The molecule has 1 aliphatic heterocycles. The van der Waals surface area contributed by atoms with Crippen LogP contribution in [0.3, 0.4) is 0 Å². The lowest BCUT2D eigenvalue weighted by atomic mass is 9.96. The molecule has 0 radical (unpaired) electrons. The summed E-state index contributed by atoms with van der Waals surface area (Å²) in [6, 6.07) is 28.5. The van der Waals surface area contributed by atoms with E-state index in [4.69, 9.17) is 14.3 Å². The average molecular weight is 1160 g/mol. The summed E-state index contributed by atoms with van der Waals surface area (Å²) in [5.41, 5.74) is 5.19. The van der Waals surface area contributed by atoms with Gasteiger partial charge in [0.05, 0.1) is 17.4 Å². The van der Waals surface area contributed by atoms with Crippen molar-refractivity contribution in [3.63, 3.8) is 0 Å². The van der Waals surface area contributed by atoms with E-state index in [0.29, 0.717) is 17.5 Å². The first-order valence-electron chi connectivity index (χ1n) is 30.4. The molecule has 2 N–H and O–H groups in total. The number of oxime groups is 1. The van der Waals surface area contributed by atoms with Crippen molar-refractivity contribution in [2.45, 2.75) is 256 Å². The number of pyridine rings is 1.